The van der Waals surface area contributed by atoms with E-state index < -0.39 is 28.7 Å². The molecule has 0 saturated heterocycles. The zero-order chi connectivity index (χ0) is 22.5. The zero-order valence-corrected chi connectivity index (χ0v) is 21.8. The molecule has 1 aromatic rings. The first-order valence-corrected chi connectivity index (χ1v) is 15.3. The molecule has 0 heterocycles. The van der Waals surface area contributed by atoms with Crippen LogP contribution < -0.4 is 0 Å². The van der Waals surface area contributed by atoms with Crippen molar-refractivity contribution in [3.63, 3.8) is 0 Å². The lowest BCUT2D eigenvalue weighted by Gasteiger charge is -2.34. The first-order chi connectivity index (χ1) is 13.3. The number of hydrogen-bond donors (Lipinski definition) is 0. The van der Waals surface area contributed by atoms with E-state index in [0.29, 0.717) is 24.8 Å². The Labute approximate surface area is 187 Å². The van der Waals surface area contributed by atoms with Crippen LogP contribution in [0.5, 0.6) is 0 Å². The molecular formula is C21H35Cl2FO3SSi. The van der Waals surface area contributed by atoms with Crippen molar-refractivity contribution >= 4 is 41.4 Å². The van der Waals surface area contributed by atoms with Gasteiger partial charge in [0.1, 0.15) is 5.82 Å². The molecule has 3 nitrogen and oxygen atoms in total. The molecule has 1 rings (SSSR count). The van der Waals surface area contributed by atoms with E-state index >= 15 is 0 Å². The third-order valence-electron chi connectivity index (χ3n) is 5.75. The van der Waals surface area contributed by atoms with Crippen LogP contribution in [0.3, 0.4) is 0 Å². The highest BCUT2D eigenvalue weighted by Gasteiger charge is 2.34. The van der Waals surface area contributed by atoms with Crippen LogP contribution in [-0.4, -0.2) is 27.2 Å². The summed E-state index contributed by atoms with van der Waals surface area (Å²) in [6.45, 7) is 11.6. The van der Waals surface area contributed by atoms with Crippen molar-refractivity contribution in [2.24, 2.45) is 0 Å². The second kappa shape index (κ2) is 10.9. The van der Waals surface area contributed by atoms with E-state index in [-0.39, 0.29) is 21.9 Å². The molecule has 0 saturated carbocycles. The highest BCUT2D eigenvalue weighted by atomic mass is 35.5. The van der Waals surface area contributed by atoms with E-state index in [1.54, 1.807) is 20.8 Å². The molecule has 0 aliphatic heterocycles. The van der Waals surface area contributed by atoms with Gasteiger partial charge < -0.3 is 4.43 Å². The van der Waals surface area contributed by atoms with Gasteiger partial charge >= 0.3 is 0 Å². The highest BCUT2D eigenvalue weighted by molar-refractivity contribution is 7.92. The largest absolute Gasteiger partial charge is 0.410 e. The molecule has 1 atom stereocenters. The van der Waals surface area contributed by atoms with Crippen molar-refractivity contribution in [2.75, 3.05) is 5.75 Å². The summed E-state index contributed by atoms with van der Waals surface area (Å²) in [4.78, 5) is 0. The van der Waals surface area contributed by atoms with Crippen LogP contribution in [0.15, 0.2) is 12.1 Å². The van der Waals surface area contributed by atoms with Crippen molar-refractivity contribution in [1.82, 2.24) is 0 Å². The Hall–Kier alpha value is -0.143. The molecule has 0 fully saturated rings. The van der Waals surface area contributed by atoms with Crippen LogP contribution in [0.4, 0.5) is 4.39 Å². The van der Waals surface area contributed by atoms with Gasteiger partial charge in [-0.3, -0.25) is 0 Å². The minimum atomic E-state index is -3.17. The van der Waals surface area contributed by atoms with Gasteiger partial charge in [0.15, 0.2) is 18.2 Å². The van der Waals surface area contributed by atoms with Crippen LogP contribution in [0, 0.1) is 5.82 Å². The Kier molecular flexibility index (Phi) is 10.1. The quantitative estimate of drug-likeness (QED) is 0.240. The maximum Gasteiger partial charge on any atom is 0.192 e. The third-order valence-corrected chi connectivity index (χ3v) is 13.7. The van der Waals surface area contributed by atoms with Gasteiger partial charge in [0.2, 0.25) is 0 Å². The Morgan fingerprint density at radius 1 is 1.03 bits per heavy atom. The van der Waals surface area contributed by atoms with Gasteiger partial charge in [-0.15, -0.1) is 0 Å². The monoisotopic (exact) mass is 484 g/mol. The smallest absolute Gasteiger partial charge is 0.192 e. The summed E-state index contributed by atoms with van der Waals surface area (Å²) in [5.74, 6) is -0.352. The lowest BCUT2D eigenvalue weighted by molar-refractivity contribution is 0.176. The average Bonchev–Trinajstić information content (AvgIpc) is 2.61. The maximum absolute atomic E-state index is 13.7. The lowest BCUT2D eigenvalue weighted by Crippen LogP contribution is -2.37. The number of rotatable bonds is 11. The summed E-state index contributed by atoms with van der Waals surface area (Å²) in [6.07, 6.45) is 1.43. The molecule has 0 amide bonds. The topological polar surface area (TPSA) is 43.4 Å². The molecule has 0 aliphatic carbocycles. The summed E-state index contributed by atoms with van der Waals surface area (Å²) >= 11 is 12.7. The first kappa shape index (κ1) is 26.9. The van der Waals surface area contributed by atoms with Crippen molar-refractivity contribution in [3.8, 4) is 0 Å². The minimum absolute atomic E-state index is 0.131. The molecule has 0 aromatic heterocycles. The summed E-state index contributed by atoms with van der Waals surface area (Å²) in [7, 11) is -5.14. The number of hydrogen-bond acceptors (Lipinski definition) is 3. The highest BCUT2D eigenvalue weighted by Crippen LogP contribution is 2.40. The molecule has 0 N–H and O–H groups in total. The fraction of sp³-hybridized carbons (Fsp3) is 0.714. The van der Waals surface area contributed by atoms with Crippen LogP contribution >= 0.6 is 23.2 Å². The van der Waals surface area contributed by atoms with Crippen molar-refractivity contribution in [2.45, 2.75) is 89.8 Å². The zero-order valence-electron chi connectivity index (χ0n) is 18.4. The Morgan fingerprint density at radius 2 is 1.52 bits per heavy atom. The third kappa shape index (κ3) is 7.20. The summed E-state index contributed by atoms with van der Waals surface area (Å²) in [5, 5.41) is 0.516. The lowest BCUT2D eigenvalue weighted by atomic mass is 10.0. The second-order valence-corrected chi connectivity index (χ2v) is 17.0. The second-order valence-electron chi connectivity index (χ2n) is 8.56. The van der Waals surface area contributed by atoms with Gasteiger partial charge in [0.25, 0.3) is 0 Å². The van der Waals surface area contributed by atoms with Gasteiger partial charge in [0.05, 0.1) is 26.6 Å². The normalized spacial score (nSPS) is 14.2. The number of halogens is 3. The molecular weight excluding hydrogens is 450 g/mol. The number of sulfone groups is 1. The van der Waals surface area contributed by atoms with E-state index in [1.807, 2.05) is 0 Å². The van der Waals surface area contributed by atoms with Gasteiger partial charge in [-0.25, -0.2) is 12.8 Å². The van der Waals surface area contributed by atoms with Gasteiger partial charge in [-0.2, -0.15) is 0 Å². The van der Waals surface area contributed by atoms with Crippen LogP contribution in [0.25, 0.3) is 0 Å². The van der Waals surface area contributed by atoms with Crippen molar-refractivity contribution < 1.29 is 17.2 Å². The molecule has 168 valence electrons. The predicted octanol–water partition coefficient (Wildman–Crippen LogP) is 7.58. The predicted molar refractivity (Wildman–Crippen MR) is 125 cm³/mol. The summed E-state index contributed by atoms with van der Waals surface area (Å²) in [5.41, 5.74) is 0.612. The Balaban J connectivity index is 3.07. The number of unbranched alkanes of at least 4 members (excludes halogenated alkanes) is 1. The SMILES string of the molecule is CC[Si](CC)(CC)OC(CCCCS(=O)(=O)C(C)(C)C)c1c(Cl)cc(F)cc1Cl. The van der Waals surface area contributed by atoms with Crippen LogP contribution in [-0.2, 0) is 14.3 Å². The average molecular weight is 486 g/mol. The summed E-state index contributed by atoms with van der Waals surface area (Å²) in [6, 6.07) is 5.41. The molecule has 1 unspecified atom stereocenters. The van der Waals surface area contributed by atoms with Crippen molar-refractivity contribution in [1.29, 1.82) is 0 Å². The molecule has 0 radical (unpaired) electrons. The number of benzene rings is 1. The molecule has 0 bridgehead atoms. The van der Waals surface area contributed by atoms with Crippen LogP contribution in [0.1, 0.15) is 72.5 Å². The molecule has 8 heteroatoms. The minimum Gasteiger partial charge on any atom is -0.410 e. The fourth-order valence-corrected chi connectivity index (χ4v) is 8.09. The maximum atomic E-state index is 13.7. The van der Waals surface area contributed by atoms with E-state index in [9.17, 15) is 12.8 Å². The van der Waals surface area contributed by atoms with E-state index in [2.05, 4.69) is 20.8 Å². The Morgan fingerprint density at radius 3 is 1.93 bits per heavy atom. The van der Waals surface area contributed by atoms with E-state index in [4.69, 9.17) is 27.6 Å². The van der Waals surface area contributed by atoms with E-state index in [0.717, 1.165) is 18.1 Å². The van der Waals surface area contributed by atoms with Gasteiger partial charge in [0, 0.05) is 5.56 Å². The molecule has 0 spiro atoms. The first-order valence-electron chi connectivity index (χ1n) is 10.4. The van der Waals surface area contributed by atoms with Crippen LogP contribution in [0.2, 0.25) is 28.2 Å². The molecule has 1 aromatic carbocycles. The summed E-state index contributed by atoms with van der Waals surface area (Å²) < 4.78 is 44.3. The Bertz CT molecular complexity index is 743. The molecule has 29 heavy (non-hydrogen) atoms. The van der Waals surface area contributed by atoms with E-state index in [1.165, 1.54) is 12.1 Å². The van der Waals surface area contributed by atoms with Gasteiger partial charge in [-0.1, -0.05) is 44.0 Å². The molecule has 0 aliphatic rings. The fourth-order valence-electron chi connectivity index (χ4n) is 3.35. The standard InChI is InChI=1S/C21H35Cl2FO3SSi/c1-7-29(8-2,9-3)27-19(20-17(22)14-16(24)15-18(20)23)12-10-11-13-28(25,26)21(4,5)6/h14-15,19H,7-13H2,1-6H3. The van der Waals surface area contributed by atoms with Gasteiger partial charge in [-0.05, 0) is 70.3 Å². The van der Waals surface area contributed by atoms with Crippen molar-refractivity contribution in [3.05, 3.63) is 33.6 Å².